The monoisotopic (exact) mass is 168 g/mol. The molecular weight excluding hydrogens is 155 g/mol. The molecule has 0 fully saturated rings. The third kappa shape index (κ3) is 2.53. The van der Waals surface area contributed by atoms with Gasteiger partial charge < -0.3 is 4.74 Å². The molecule has 0 atom stereocenters. The fourth-order valence-corrected chi connectivity index (χ4v) is 0.978. The molecule has 2 heteroatoms. The first-order valence-corrected chi connectivity index (χ1v) is 4.14. The van der Waals surface area contributed by atoms with Crippen LogP contribution in [-0.2, 0) is 6.42 Å². The van der Waals surface area contributed by atoms with Crippen molar-refractivity contribution in [3.8, 4) is 5.75 Å². The Morgan fingerprint density at radius 3 is 2.42 bits per heavy atom. The van der Waals surface area contributed by atoms with Gasteiger partial charge >= 0.3 is 0 Å². The number of alkyl halides is 1. The van der Waals surface area contributed by atoms with Gasteiger partial charge in [-0.1, -0.05) is 19.1 Å². The second kappa shape index (κ2) is 4.75. The van der Waals surface area contributed by atoms with E-state index in [0.29, 0.717) is 0 Å². The summed E-state index contributed by atoms with van der Waals surface area (Å²) in [4.78, 5) is 0. The Hall–Kier alpha value is -1.05. The van der Waals surface area contributed by atoms with Crippen LogP contribution in [-0.4, -0.2) is 13.3 Å². The van der Waals surface area contributed by atoms with Crippen molar-refractivity contribution in [2.45, 2.75) is 13.3 Å². The SMILES string of the molecule is CCc1ccc(OCCF)cc1. The van der Waals surface area contributed by atoms with E-state index >= 15 is 0 Å². The van der Waals surface area contributed by atoms with Crippen molar-refractivity contribution in [1.29, 1.82) is 0 Å². The van der Waals surface area contributed by atoms with Gasteiger partial charge in [0.15, 0.2) is 0 Å². The predicted molar refractivity (Wildman–Crippen MR) is 47.3 cm³/mol. The molecule has 0 amide bonds. The smallest absolute Gasteiger partial charge is 0.123 e. The van der Waals surface area contributed by atoms with E-state index in [4.69, 9.17) is 4.74 Å². The molecule has 0 radical (unpaired) electrons. The van der Waals surface area contributed by atoms with Crippen LogP contribution in [0.4, 0.5) is 4.39 Å². The van der Waals surface area contributed by atoms with E-state index < -0.39 is 6.67 Å². The summed E-state index contributed by atoms with van der Waals surface area (Å²) in [7, 11) is 0. The second-order valence-corrected chi connectivity index (χ2v) is 2.53. The highest BCUT2D eigenvalue weighted by Gasteiger charge is 1.92. The third-order valence-electron chi connectivity index (χ3n) is 1.68. The van der Waals surface area contributed by atoms with Gasteiger partial charge in [0.2, 0.25) is 0 Å². The maximum atomic E-state index is 11.7. The summed E-state index contributed by atoms with van der Waals surface area (Å²) in [6.45, 7) is 1.80. The summed E-state index contributed by atoms with van der Waals surface area (Å²) in [6, 6.07) is 7.73. The molecule has 0 saturated carbocycles. The van der Waals surface area contributed by atoms with Crippen LogP contribution in [0.2, 0.25) is 0 Å². The lowest BCUT2D eigenvalue weighted by atomic mass is 10.2. The van der Waals surface area contributed by atoms with Gasteiger partial charge in [-0.25, -0.2) is 4.39 Å². The van der Waals surface area contributed by atoms with Crippen LogP contribution in [0.5, 0.6) is 5.75 Å². The summed E-state index contributed by atoms with van der Waals surface area (Å²) >= 11 is 0. The van der Waals surface area contributed by atoms with Crippen LogP contribution < -0.4 is 4.74 Å². The first kappa shape index (κ1) is 9.04. The van der Waals surface area contributed by atoms with Gasteiger partial charge in [0.25, 0.3) is 0 Å². The summed E-state index contributed by atoms with van der Waals surface area (Å²) in [5.41, 5.74) is 1.27. The Kier molecular flexibility index (Phi) is 3.58. The molecule has 1 nitrogen and oxygen atoms in total. The minimum Gasteiger partial charge on any atom is -0.491 e. The first-order chi connectivity index (χ1) is 5.86. The number of hydrogen-bond acceptors (Lipinski definition) is 1. The molecule has 0 aliphatic rings. The van der Waals surface area contributed by atoms with E-state index in [1.807, 2.05) is 24.3 Å². The van der Waals surface area contributed by atoms with Crippen LogP contribution in [0.15, 0.2) is 24.3 Å². The van der Waals surface area contributed by atoms with E-state index in [-0.39, 0.29) is 6.61 Å². The Bertz CT molecular complexity index is 218. The van der Waals surface area contributed by atoms with Crippen molar-refractivity contribution in [1.82, 2.24) is 0 Å². The van der Waals surface area contributed by atoms with Gasteiger partial charge in [0, 0.05) is 0 Å². The average molecular weight is 168 g/mol. The fraction of sp³-hybridized carbons (Fsp3) is 0.400. The standard InChI is InChI=1S/C10H13FO/c1-2-9-3-5-10(6-4-9)12-8-7-11/h3-6H,2,7-8H2,1H3. The van der Waals surface area contributed by atoms with E-state index in [9.17, 15) is 4.39 Å². The quantitative estimate of drug-likeness (QED) is 0.671. The van der Waals surface area contributed by atoms with Gasteiger partial charge in [-0.15, -0.1) is 0 Å². The van der Waals surface area contributed by atoms with Crippen LogP contribution in [0.1, 0.15) is 12.5 Å². The Morgan fingerprint density at radius 1 is 1.25 bits per heavy atom. The number of hydrogen-bond donors (Lipinski definition) is 0. The molecule has 0 aliphatic carbocycles. The Labute approximate surface area is 72.2 Å². The average Bonchev–Trinajstić information content (AvgIpc) is 2.15. The van der Waals surface area contributed by atoms with Crippen molar-refractivity contribution < 1.29 is 9.13 Å². The highest BCUT2D eigenvalue weighted by molar-refractivity contribution is 5.27. The minimum atomic E-state index is -0.435. The molecule has 0 heterocycles. The lowest BCUT2D eigenvalue weighted by molar-refractivity contribution is 0.273. The molecule has 1 rings (SSSR count). The van der Waals surface area contributed by atoms with Crippen LogP contribution in [0.25, 0.3) is 0 Å². The lowest BCUT2D eigenvalue weighted by Crippen LogP contribution is -1.98. The first-order valence-electron chi connectivity index (χ1n) is 4.14. The largest absolute Gasteiger partial charge is 0.491 e. The molecule has 0 saturated heterocycles. The number of benzene rings is 1. The van der Waals surface area contributed by atoms with E-state index in [2.05, 4.69) is 6.92 Å². The Morgan fingerprint density at radius 2 is 1.92 bits per heavy atom. The van der Waals surface area contributed by atoms with E-state index in [0.717, 1.165) is 12.2 Å². The third-order valence-corrected chi connectivity index (χ3v) is 1.68. The summed E-state index contributed by atoms with van der Waals surface area (Å²) < 4.78 is 16.8. The molecule has 0 unspecified atom stereocenters. The normalized spacial score (nSPS) is 9.83. The zero-order chi connectivity index (χ0) is 8.81. The van der Waals surface area contributed by atoms with Crippen LogP contribution >= 0.6 is 0 Å². The molecular formula is C10H13FO. The van der Waals surface area contributed by atoms with Gasteiger partial charge in [-0.05, 0) is 24.1 Å². The van der Waals surface area contributed by atoms with Crippen molar-refractivity contribution in [2.24, 2.45) is 0 Å². The second-order valence-electron chi connectivity index (χ2n) is 2.53. The topological polar surface area (TPSA) is 9.23 Å². The molecule has 0 aromatic heterocycles. The van der Waals surface area contributed by atoms with E-state index in [1.165, 1.54) is 5.56 Å². The molecule has 0 N–H and O–H groups in total. The highest BCUT2D eigenvalue weighted by atomic mass is 19.1. The van der Waals surface area contributed by atoms with Crippen molar-refractivity contribution in [3.63, 3.8) is 0 Å². The maximum Gasteiger partial charge on any atom is 0.123 e. The molecule has 1 aromatic carbocycles. The number of ether oxygens (including phenoxy) is 1. The van der Waals surface area contributed by atoms with Crippen LogP contribution in [0.3, 0.4) is 0 Å². The molecule has 0 aliphatic heterocycles. The fourth-order valence-electron chi connectivity index (χ4n) is 0.978. The van der Waals surface area contributed by atoms with E-state index in [1.54, 1.807) is 0 Å². The van der Waals surface area contributed by atoms with Crippen LogP contribution in [0, 0.1) is 0 Å². The molecule has 0 spiro atoms. The van der Waals surface area contributed by atoms with Gasteiger partial charge in [0.05, 0.1) is 0 Å². The minimum absolute atomic E-state index is 0.144. The predicted octanol–water partition coefficient (Wildman–Crippen LogP) is 2.60. The highest BCUT2D eigenvalue weighted by Crippen LogP contribution is 2.12. The van der Waals surface area contributed by atoms with Crippen molar-refractivity contribution in [3.05, 3.63) is 29.8 Å². The lowest BCUT2D eigenvalue weighted by Gasteiger charge is -2.03. The number of rotatable bonds is 4. The van der Waals surface area contributed by atoms with Gasteiger partial charge in [0.1, 0.15) is 19.0 Å². The molecule has 12 heavy (non-hydrogen) atoms. The molecule has 0 bridgehead atoms. The molecule has 1 aromatic rings. The van der Waals surface area contributed by atoms with Crippen molar-refractivity contribution in [2.75, 3.05) is 13.3 Å². The summed E-state index contributed by atoms with van der Waals surface area (Å²) in [6.07, 6.45) is 1.02. The summed E-state index contributed by atoms with van der Waals surface area (Å²) in [5.74, 6) is 0.741. The zero-order valence-electron chi connectivity index (χ0n) is 7.22. The summed E-state index contributed by atoms with van der Waals surface area (Å²) in [5, 5.41) is 0. The Balaban J connectivity index is 2.53. The zero-order valence-corrected chi connectivity index (χ0v) is 7.22. The van der Waals surface area contributed by atoms with Gasteiger partial charge in [-0.2, -0.15) is 0 Å². The number of halogens is 1. The van der Waals surface area contributed by atoms with Crippen molar-refractivity contribution >= 4 is 0 Å². The maximum absolute atomic E-state index is 11.7. The number of aryl methyl sites for hydroxylation is 1. The molecule has 66 valence electrons. The van der Waals surface area contributed by atoms with Gasteiger partial charge in [-0.3, -0.25) is 0 Å².